The Morgan fingerprint density at radius 1 is 1.50 bits per heavy atom. The van der Waals surface area contributed by atoms with Gasteiger partial charge in [0.1, 0.15) is 12.9 Å². The first-order valence-corrected chi connectivity index (χ1v) is 8.11. The molecule has 1 aliphatic heterocycles. The topological polar surface area (TPSA) is 97.2 Å². The molecule has 1 aliphatic rings. The number of sulfonamides is 1. The molecule has 0 bridgehead atoms. The molecule has 0 aliphatic carbocycles. The maximum atomic E-state index is 12.3. The molecule has 12 heteroatoms. The second-order valence-electron chi connectivity index (χ2n) is 4.94. The SMILES string of the molecule is CS(=O)(=O)N1CCC(NC(=O)Cn2cnc(C(F)(F)F)n2)C1. The van der Waals surface area contributed by atoms with E-state index in [1.165, 1.54) is 4.31 Å². The van der Waals surface area contributed by atoms with Crippen LogP contribution in [0.2, 0.25) is 0 Å². The summed E-state index contributed by atoms with van der Waals surface area (Å²) in [6, 6.07) is -0.368. The minimum atomic E-state index is -4.66. The lowest BCUT2D eigenvalue weighted by atomic mass is 10.2. The quantitative estimate of drug-likeness (QED) is 0.792. The van der Waals surface area contributed by atoms with Crippen LogP contribution in [0.15, 0.2) is 6.33 Å². The molecule has 1 N–H and O–H groups in total. The monoisotopic (exact) mass is 341 g/mol. The van der Waals surface area contributed by atoms with Gasteiger partial charge in [0, 0.05) is 19.1 Å². The summed E-state index contributed by atoms with van der Waals surface area (Å²) in [5.41, 5.74) is 0. The van der Waals surface area contributed by atoms with Crippen LogP contribution >= 0.6 is 0 Å². The molecule has 8 nitrogen and oxygen atoms in total. The van der Waals surface area contributed by atoms with E-state index < -0.39 is 34.5 Å². The van der Waals surface area contributed by atoms with Crippen molar-refractivity contribution in [3.05, 3.63) is 12.2 Å². The highest BCUT2D eigenvalue weighted by atomic mass is 32.2. The molecule has 22 heavy (non-hydrogen) atoms. The number of aromatic nitrogens is 3. The normalized spacial score (nSPS) is 20.3. The Hall–Kier alpha value is -1.69. The van der Waals surface area contributed by atoms with Crippen molar-refractivity contribution < 1.29 is 26.4 Å². The Morgan fingerprint density at radius 3 is 2.68 bits per heavy atom. The number of amides is 1. The zero-order valence-corrected chi connectivity index (χ0v) is 12.4. The van der Waals surface area contributed by atoms with E-state index in [9.17, 15) is 26.4 Å². The van der Waals surface area contributed by atoms with Crippen LogP contribution in [0.3, 0.4) is 0 Å². The summed E-state index contributed by atoms with van der Waals surface area (Å²) >= 11 is 0. The average Bonchev–Trinajstić information content (AvgIpc) is 2.96. The third kappa shape index (κ3) is 4.16. The van der Waals surface area contributed by atoms with Crippen molar-refractivity contribution >= 4 is 15.9 Å². The maximum Gasteiger partial charge on any atom is 0.453 e. The first-order chi connectivity index (χ1) is 10.1. The highest BCUT2D eigenvalue weighted by Crippen LogP contribution is 2.25. The predicted molar refractivity (Wildman–Crippen MR) is 68.0 cm³/mol. The van der Waals surface area contributed by atoms with Crippen molar-refractivity contribution in [1.82, 2.24) is 24.4 Å². The van der Waals surface area contributed by atoms with Gasteiger partial charge in [0.2, 0.25) is 15.9 Å². The second kappa shape index (κ2) is 5.83. The molecule has 124 valence electrons. The van der Waals surface area contributed by atoms with Crippen LogP contribution in [0.25, 0.3) is 0 Å². The minimum Gasteiger partial charge on any atom is -0.350 e. The Balaban J connectivity index is 1.88. The van der Waals surface area contributed by atoms with Crippen LogP contribution < -0.4 is 5.32 Å². The van der Waals surface area contributed by atoms with Crippen molar-refractivity contribution in [3.63, 3.8) is 0 Å². The van der Waals surface area contributed by atoms with Crippen LogP contribution in [0.1, 0.15) is 12.2 Å². The second-order valence-corrected chi connectivity index (χ2v) is 6.92. The summed E-state index contributed by atoms with van der Waals surface area (Å²) in [5, 5.41) is 5.73. The summed E-state index contributed by atoms with van der Waals surface area (Å²) < 4.78 is 61.6. The zero-order valence-electron chi connectivity index (χ0n) is 11.5. The van der Waals surface area contributed by atoms with Gasteiger partial charge in [-0.3, -0.25) is 4.79 Å². The fraction of sp³-hybridized carbons (Fsp3) is 0.700. The standard InChI is InChI=1S/C10H14F3N5O3S/c1-22(20,21)18-3-2-7(4-18)15-8(19)5-17-6-14-9(16-17)10(11,12)13/h6-7H,2-5H2,1H3,(H,15,19). The zero-order chi connectivity index (χ0) is 16.5. The van der Waals surface area contributed by atoms with Crippen molar-refractivity contribution in [2.24, 2.45) is 0 Å². The third-order valence-electron chi connectivity index (χ3n) is 3.08. The lowest BCUT2D eigenvalue weighted by Crippen LogP contribution is -2.39. The molecule has 1 atom stereocenters. The minimum absolute atomic E-state index is 0.149. The van der Waals surface area contributed by atoms with Gasteiger partial charge in [0.05, 0.1) is 6.26 Å². The summed E-state index contributed by atoms with van der Waals surface area (Å²) in [7, 11) is -3.31. The Bertz CT molecular complexity index is 657. The fourth-order valence-electron chi connectivity index (χ4n) is 2.07. The van der Waals surface area contributed by atoms with Crippen LogP contribution in [-0.4, -0.2) is 58.8 Å². The molecule has 0 saturated carbocycles. The van der Waals surface area contributed by atoms with E-state index in [1.807, 2.05) is 0 Å². The van der Waals surface area contributed by atoms with Crippen LogP contribution in [-0.2, 0) is 27.5 Å². The van der Waals surface area contributed by atoms with Gasteiger partial charge in [0.15, 0.2) is 0 Å². The highest BCUT2D eigenvalue weighted by molar-refractivity contribution is 7.88. The first kappa shape index (κ1) is 16.7. The molecule has 1 aromatic rings. The summed E-state index contributed by atoms with van der Waals surface area (Å²) in [6.45, 7) is 0.0273. The molecule has 0 aromatic carbocycles. The molecule has 1 amide bonds. The van der Waals surface area contributed by atoms with Crippen LogP contribution in [0, 0.1) is 0 Å². The lowest BCUT2D eigenvalue weighted by Gasteiger charge is -2.14. The fourth-order valence-corrected chi connectivity index (χ4v) is 2.96. The maximum absolute atomic E-state index is 12.3. The van der Waals surface area contributed by atoms with Gasteiger partial charge in [-0.05, 0) is 6.42 Å². The number of carbonyl (C=O) groups excluding carboxylic acids is 1. The smallest absolute Gasteiger partial charge is 0.350 e. The summed E-state index contributed by atoms with van der Waals surface area (Å²) in [6.07, 6.45) is -2.32. The third-order valence-corrected chi connectivity index (χ3v) is 4.35. The molecule has 1 unspecified atom stereocenters. The van der Waals surface area contributed by atoms with Crippen LogP contribution in [0.5, 0.6) is 0 Å². The van der Waals surface area contributed by atoms with Gasteiger partial charge in [-0.25, -0.2) is 22.4 Å². The van der Waals surface area contributed by atoms with Crippen molar-refractivity contribution in [2.75, 3.05) is 19.3 Å². The number of rotatable bonds is 4. The summed E-state index contributed by atoms with van der Waals surface area (Å²) in [5.74, 6) is -1.87. The first-order valence-electron chi connectivity index (χ1n) is 6.27. The number of hydrogen-bond donors (Lipinski definition) is 1. The number of nitrogens with one attached hydrogen (secondary N) is 1. The predicted octanol–water partition coefficient (Wildman–Crippen LogP) is -0.553. The lowest BCUT2D eigenvalue weighted by molar-refractivity contribution is -0.145. The van der Waals surface area contributed by atoms with E-state index in [0.717, 1.165) is 17.3 Å². The molecule has 0 radical (unpaired) electrons. The van der Waals surface area contributed by atoms with Gasteiger partial charge < -0.3 is 5.32 Å². The highest BCUT2D eigenvalue weighted by Gasteiger charge is 2.36. The molecule has 1 saturated heterocycles. The molecular formula is C10H14F3N5O3S. The average molecular weight is 341 g/mol. The summed E-state index contributed by atoms with van der Waals surface area (Å²) in [4.78, 5) is 14.8. The Labute approximate surface area is 124 Å². The molecule has 2 heterocycles. The van der Waals surface area contributed by atoms with E-state index in [2.05, 4.69) is 15.4 Å². The van der Waals surface area contributed by atoms with E-state index in [0.29, 0.717) is 13.0 Å². The molecule has 1 fully saturated rings. The number of carbonyl (C=O) groups is 1. The number of hydrogen-bond acceptors (Lipinski definition) is 5. The van der Waals surface area contributed by atoms with Crippen molar-refractivity contribution in [3.8, 4) is 0 Å². The van der Waals surface area contributed by atoms with E-state index in [4.69, 9.17) is 0 Å². The van der Waals surface area contributed by atoms with Crippen LogP contribution in [0.4, 0.5) is 13.2 Å². The van der Waals surface area contributed by atoms with Gasteiger partial charge in [-0.1, -0.05) is 0 Å². The van der Waals surface area contributed by atoms with Crippen molar-refractivity contribution in [2.45, 2.75) is 25.2 Å². The van der Waals surface area contributed by atoms with E-state index in [1.54, 1.807) is 0 Å². The number of halogens is 3. The molecular weight excluding hydrogens is 327 g/mol. The largest absolute Gasteiger partial charge is 0.453 e. The Kier molecular flexibility index (Phi) is 4.42. The molecule has 0 spiro atoms. The molecule has 2 rings (SSSR count). The van der Waals surface area contributed by atoms with E-state index in [-0.39, 0.29) is 12.6 Å². The Morgan fingerprint density at radius 2 is 2.18 bits per heavy atom. The van der Waals surface area contributed by atoms with E-state index >= 15 is 0 Å². The number of nitrogens with zero attached hydrogens (tertiary/aromatic N) is 4. The van der Waals surface area contributed by atoms with Crippen molar-refractivity contribution in [1.29, 1.82) is 0 Å². The number of alkyl halides is 3. The van der Waals surface area contributed by atoms with Gasteiger partial charge in [-0.15, -0.1) is 5.10 Å². The van der Waals surface area contributed by atoms with Gasteiger partial charge >= 0.3 is 6.18 Å². The van der Waals surface area contributed by atoms with Gasteiger partial charge in [0.25, 0.3) is 5.82 Å². The van der Waals surface area contributed by atoms with Gasteiger partial charge in [-0.2, -0.15) is 13.2 Å². The molecule has 1 aromatic heterocycles.